The highest BCUT2D eigenvalue weighted by Gasteiger charge is 2.27. The highest BCUT2D eigenvalue weighted by molar-refractivity contribution is 6.30. The van der Waals surface area contributed by atoms with Crippen LogP contribution in [0, 0.1) is 0 Å². The average molecular weight is 283 g/mol. The molecule has 0 spiro atoms. The second-order valence-corrected chi connectivity index (χ2v) is 5.00. The first kappa shape index (κ1) is 13.8. The van der Waals surface area contributed by atoms with Crippen LogP contribution in [0.25, 0.3) is 0 Å². The van der Waals surface area contributed by atoms with Crippen LogP contribution in [0.1, 0.15) is 18.5 Å². The molecule has 0 radical (unpaired) electrons. The first-order valence-corrected chi connectivity index (χ1v) is 6.62. The van der Waals surface area contributed by atoms with Crippen molar-refractivity contribution < 1.29 is 14.9 Å². The van der Waals surface area contributed by atoms with Gasteiger partial charge < -0.3 is 10.6 Å². The first-order chi connectivity index (χ1) is 9.08. The van der Waals surface area contributed by atoms with Gasteiger partial charge >= 0.3 is 6.03 Å². The Labute approximate surface area is 116 Å². The number of carbonyl (C=O) groups excluding carboxylic acids is 2. The predicted molar refractivity (Wildman–Crippen MR) is 71.8 cm³/mol. The van der Waals surface area contributed by atoms with Crippen LogP contribution in [0.3, 0.4) is 0 Å². The average Bonchev–Trinajstić information content (AvgIpc) is 2.82. The molecule has 1 aromatic rings. The van der Waals surface area contributed by atoms with Crippen LogP contribution in [-0.2, 0) is 4.79 Å². The molecule has 0 aliphatic carbocycles. The number of rotatable bonds is 4. The van der Waals surface area contributed by atoms with Crippen molar-refractivity contribution in [2.45, 2.75) is 13.0 Å². The molecule has 3 amide bonds. The molecular formula is C13H17ClN3O2+. The van der Waals surface area contributed by atoms with Crippen molar-refractivity contribution in [1.82, 2.24) is 10.2 Å². The van der Waals surface area contributed by atoms with Gasteiger partial charge in [0.2, 0.25) is 0 Å². The minimum Gasteiger partial charge on any atom is -0.336 e. The molecule has 1 atom stereocenters. The third-order valence-corrected chi connectivity index (χ3v) is 3.41. The lowest BCUT2D eigenvalue weighted by atomic mass is 10.1. The van der Waals surface area contributed by atoms with E-state index in [1.165, 1.54) is 4.90 Å². The number of nitrogens with zero attached hydrogens (tertiary/aromatic N) is 1. The van der Waals surface area contributed by atoms with Crippen LogP contribution in [0.5, 0.6) is 0 Å². The highest BCUT2D eigenvalue weighted by atomic mass is 35.5. The maximum Gasteiger partial charge on any atom is 0.324 e. The fraction of sp³-hybridized carbons (Fsp3) is 0.385. The molecule has 0 saturated carbocycles. The lowest BCUT2D eigenvalue weighted by Crippen LogP contribution is -2.87. The predicted octanol–water partition coefficient (Wildman–Crippen LogP) is 0.516. The Morgan fingerprint density at radius 2 is 2.37 bits per heavy atom. The topological polar surface area (TPSA) is 66.0 Å². The maximum atomic E-state index is 11.9. The summed E-state index contributed by atoms with van der Waals surface area (Å²) in [7, 11) is 0. The molecule has 6 heteroatoms. The van der Waals surface area contributed by atoms with Gasteiger partial charge in [-0.15, -0.1) is 0 Å². The Bertz CT molecular complexity index is 493. The van der Waals surface area contributed by atoms with E-state index in [9.17, 15) is 9.59 Å². The van der Waals surface area contributed by atoms with Crippen LogP contribution < -0.4 is 10.6 Å². The molecule has 1 aromatic carbocycles. The first-order valence-electron chi connectivity index (χ1n) is 6.25. The highest BCUT2D eigenvalue weighted by Crippen LogP contribution is 2.14. The SMILES string of the molecule is C[C@H]([NH2+]CC(=O)N1CCNC1=O)c1cccc(Cl)c1. The quantitative estimate of drug-likeness (QED) is 0.845. The summed E-state index contributed by atoms with van der Waals surface area (Å²) in [5.74, 6) is -0.163. The molecule has 2 rings (SSSR count). The summed E-state index contributed by atoms with van der Waals surface area (Å²) >= 11 is 5.93. The van der Waals surface area contributed by atoms with Crippen LogP contribution in [-0.4, -0.2) is 36.5 Å². The van der Waals surface area contributed by atoms with Crippen molar-refractivity contribution in [3.8, 4) is 0 Å². The fourth-order valence-electron chi connectivity index (χ4n) is 2.02. The number of amides is 3. The summed E-state index contributed by atoms with van der Waals surface area (Å²) in [6, 6.07) is 7.38. The van der Waals surface area contributed by atoms with Crippen molar-refractivity contribution in [2.24, 2.45) is 0 Å². The van der Waals surface area contributed by atoms with E-state index in [4.69, 9.17) is 11.6 Å². The lowest BCUT2D eigenvalue weighted by Gasteiger charge is -2.14. The number of hydrogen-bond acceptors (Lipinski definition) is 2. The summed E-state index contributed by atoms with van der Waals surface area (Å²) < 4.78 is 0. The van der Waals surface area contributed by atoms with Gasteiger partial charge in [0, 0.05) is 23.7 Å². The molecule has 0 unspecified atom stereocenters. The Morgan fingerprint density at radius 3 is 3.00 bits per heavy atom. The van der Waals surface area contributed by atoms with E-state index in [-0.39, 0.29) is 24.5 Å². The largest absolute Gasteiger partial charge is 0.336 e. The molecule has 1 fully saturated rings. The van der Waals surface area contributed by atoms with Crippen LogP contribution in [0.15, 0.2) is 24.3 Å². The maximum absolute atomic E-state index is 11.9. The third kappa shape index (κ3) is 3.45. The van der Waals surface area contributed by atoms with Crippen molar-refractivity contribution >= 4 is 23.5 Å². The van der Waals surface area contributed by atoms with Gasteiger partial charge in [-0.05, 0) is 19.1 Å². The zero-order valence-corrected chi connectivity index (χ0v) is 11.5. The summed E-state index contributed by atoms with van der Waals surface area (Å²) in [6.07, 6.45) is 0. The fourth-order valence-corrected chi connectivity index (χ4v) is 2.22. The molecule has 3 N–H and O–H groups in total. The van der Waals surface area contributed by atoms with E-state index in [1.807, 2.05) is 36.5 Å². The number of imide groups is 1. The third-order valence-electron chi connectivity index (χ3n) is 3.18. The van der Waals surface area contributed by atoms with Crippen molar-refractivity contribution in [3.63, 3.8) is 0 Å². The zero-order chi connectivity index (χ0) is 13.8. The van der Waals surface area contributed by atoms with Crippen molar-refractivity contribution in [2.75, 3.05) is 19.6 Å². The number of hydrogen-bond donors (Lipinski definition) is 2. The van der Waals surface area contributed by atoms with E-state index >= 15 is 0 Å². The molecule has 1 aliphatic rings. The molecule has 5 nitrogen and oxygen atoms in total. The number of benzene rings is 1. The molecule has 1 aliphatic heterocycles. The smallest absolute Gasteiger partial charge is 0.324 e. The van der Waals surface area contributed by atoms with Gasteiger partial charge in [-0.25, -0.2) is 4.79 Å². The Kier molecular flexibility index (Phi) is 4.39. The van der Waals surface area contributed by atoms with Gasteiger partial charge in [0.15, 0.2) is 6.54 Å². The van der Waals surface area contributed by atoms with Gasteiger partial charge in [-0.2, -0.15) is 0 Å². The number of nitrogens with one attached hydrogen (secondary N) is 1. The minimum atomic E-state index is -0.297. The summed E-state index contributed by atoms with van der Waals surface area (Å²) in [5, 5.41) is 5.20. The van der Waals surface area contributed by atoms with E-state index in [2.05, 4.69) is 5.32 Å². The van der Waals surface area contributed by atoms with Crippen LogP contribution >= 0.6 is 11.6 Å². The monoisotopic (exact) mass is 282 g/mol. The van der Waals surface area contributed by atoms with Crippen molar-refractivity contribution in [3.05, 3.63) is 34.9 Å². The zero-order valence-electron chi connectivity index (χ0n) is 10.7. The van der Waals surface area contributed by atoms with Gasteiger partial charge in [0.25, 0.3) is 5.91 Å². The van der Waals surface area contributed by atoms with Gasteiger partial charge in [0.1, 0.15) is 6.04 Å². The Balaban J connectivity index is 1.88. The molecule has 19 heavy (non-hydrogen) atoms. The number of nitrogens with two attached hydrogens (primary N) is 1. The number of quaternary nitrogens is 1. The molecule has 102 valence electrons. The number of halogens is 1. The van der Waals surface area contributed by atoms with E-state index in [0.717, 1.165) is 5.56 Å². The molecule has 0 aromatic heterocycles. The molecular weight excluding hydrogens is 266 g/mol. The van der Waals surface area contributed by atoms with Gasteiger partial charge in [-0.3, -0.25) is 9.69 Å². The number of urea groups is 1. The summed E-state index contributed by atoms with van der Waals surface area (Å²) in [5.41, 5.74) is 1.06. The second kappa shape index (κ2) is 6.04. The molecule has 1 heterocycles. The summed E-state index contributed by atoms with van der Waals surface area (Å²) in [6.45, 7) is 3.25. The van der Waals surface area contributed by atoms with Crippen molar-refractivity contribution in [1.29, 1.82) is 0 Å². The van der Waals surface area contributed by atoms with Gasteiger partial charge in [-0.1, -0.05) is 23.7 Å². The normalized spacial score (nSPS) is 16.3. The summed E-state index contributed by atoms with van der Waals surface area (Å²) in [4.78, 5) is 24.5. The van der Waals surface area contributed by atoms with E-state index < -0.39 is 0 Å². The Morgan fingerprint density at radius 1 is 1.58 bits per heavy atom. The Hall–Kier alpha value is -1.59. The van der Waals surface area contributed by atoms with Crippen LogP contribution in [0.2, 0.25) is 5.02 Å². The molecule has 0 bridgehead atoms. The minimum absolute atomic E-state index is 0.119. The number of carbonyl (C=O) groups is 2. The lowest BCUT2D eigenvalue weighted by molar-refractivity contribution is -0.683. The van der Waals surface area contributed by atoms with E-state index in [1.54, 1.807) is 0 Å². The van der Waals surface area contributed by atoms with E-state index in [0.29, 0.717) is 18.1 Å². The second-order valence-electron chi connectivity index (χ2n) is 4.56. The van der Waals surface area contributed by atoms with Gasteiger partial charge in [0.05, 0.1) is 0 Å². The standard InChI is InChI=1S/C13H16ClN3O2/c1-9(10-3-2-4-11(14)7-10)16-8-12(18)17-6-5-15-13(17)19/h2-4,7,9,16H,5-6,8H2,1H3,(H,15,19)/p+1/t9-/m0/s1. The van der Waals surface area contributed by atoms with Crippen LogP contribution in [0.4, 0.5) is 4.79 Å². The molecule has 1 saturated heterocycles.